The number of rotatable bonds is 6. The fourth-order valence-corrected chi connectivity index (χ4v) is 2.77. The zero-order chi connectivity index (χ0) is 22.2. The van der Waals surface area contributed by atoms with E-state index in [-0.39, 0.29) is 0 Å². The lowest BCUT2D eigenvalue weighted by Gasteiger charge is -2.08. The largest absolute Gasteiger partial charge is 0.465 e. The number of carbonyl (C=O) groups is 1. The molecular formula is C26H25NO4. The number of hydrogen-bond donors (Lipinski definition) is 0. The lowest BCUT2D eigenvalue weighted by atomic mass is 10.1. The van der Waals surface area contributed by atoms with Gasteiger partial charge in [-0.3, -0.25) is 0 Å². The van der Waals surface area contributed by atoms with Crippen molar-refractivity contribution in [2.45, 2.75) is 20.8 Å². The molecule has 31 heavy (non-hydrogen) atoms. The van der Waals surface area contributed by atoms with E-state index < -0.39 is 5.97 Å². The number of methoxy groups -OCH3 is 1. The van der Waals surface area contributed by atoms with Crippen molar-refractivity contribution in [3.8, 4) is 11.5 Å². The van der Waals surface area contributed by atoms with Crippen LogP contribution in [-0.2, 0) is 4.74 Å². The Morgan fingerprint density at radius 3 is 2.32 bits per heavy atom. The molecule has 0 heterocycles. The Hall–Kier alpha value is -3.86. The Morgan fingerprint density at radius 1 is 0.871 bits per heavy atom. The highest BCUT2D eigenvalue weighted by atomic mass is 16.5. The van der Waals surface area contributed by atoms with Gasteiger partial charge < -0.3 is 14.2 Å². The zero-order valence-electron chi connectivity index (χ0n) is 18.1. The van der Waals surface area contributed by atoms with Crippen LogP contribution in [-0.4, -0.2) is 19.0 Å². The number of esters is 1. The van der Waals surface area contributed by atoms with Gasteiger partial charge in [0.1, 0.15) is 11.5 Å². The molecule has 0 radical (unpaired) electrons. The minimum Gasteiger partial charge on any atom is -0.465 e. The van der Waals surface area contributed by atoms with Crippen molar-refractivity contribution in [1.82, 2.24) is 0 Å². The summed E-state index contributed by atoms with van der Waals surface area (Å²) >= 11 is 0. The first kappa shape index (κ1) is 21.8. The monoisotopic (exact) mass is 415 g/mol. The Labute approximate surface area is 182 Å². The maximum atomic E-state index is 11.5. The van der Waals surface area contributed by atoms with E-state index in [1.807, 2.05) is 56.3 Å². The van der Waals surface area contributed by atoms with Gasteiger partial charge in [0.2, 0.25) is 5.90 Å². The summed E-state index contributed by atoms with van der Waals surface area (Å²) in [4.78, 5) is 16.2. The summed E-state index contributed by atoms with van der Waals surface area (Å²) in [6.07, 6.45) is 3.16. The zero-order valence-corrected chi connectivity index (χ0v) is 18.1. The molecule has 0 saturated heterocycles. The second-order valence-electron chi connectivity index (χ2n) is 7.07. The van der Waals surface area contributed by atoms with Gasteiger partial charge in [-0.1, -0.05) is 18.2 Å². The van der Waals surface area contributed by atoms with Crippen molar-refractivity contribution in [3.05, 3.63) is 101 Å². The van der Waals surface area contributed by atoms with E-state index in [0.717, 1.165) is 16.8 Å². The molecule has 0 aliphatic rings. The molecule has 3 aromatic rings. The van der Waals surface area contributed by atoms with Crippen LogP contribution >= 0.6 is 0 Å². The average Bonchev–Trinajstić information content (AvgIpc) is 2.76. The van der Waals surface area contributed by atoms with Crippen LogP contribution in [0.2, 0.25) is 0 Å². The van der Waals surface area contributed by atoms with Crippen molar-refractivity contribution in [1.29, 1.82) is 0 Å². The normalized spacial score (nSPS) is 11.4. The molecule has 158 valence electrons. The molecule has 5 heteroatoms. The molecule has 3 rings (SSSR count). The molecule has 0 saturated carbocycles. The molecule has 0 aliphatic carbocycles. The predicted octanol–water partition coefficient (Wildman–Crippen LogP) is 6.10. The lowest BCUT2D eigenvalue weighted by molar-refractivity contribution is 0.0600. The molecule has 0 N–H and O–H groups in total. The van der Waals surface area contributed by atoms with Gasteiger partial charge in [-0.05, 0) is 86.0 Å². The van der Waals surface area contributed by atoms with Crippen LogP contribution in [0.1, 0.15) is 27.0 Å². The van der Waals surface area contributed by atoms with Crippen LogP contribution in [0.5, 0.6) is 11.5 Å². The Morgan fingerprint density at radius 2 is 1.65 bits per heavy atom. The number of benzene rings is 3. The van der Waals surface area contributed by atoms with Gasteiger partial charge in [0, 0.05) is 6.08 Å². The highest BCUT2D eigenvalue weighted by molar-refractivity contribution is 5.91. The topological polar surface area (TPSA) is 57.1 Å². The molecule has 0 aromatic heterocycles. The second kappa shape index (κ2) is 10.3. The summed E-state index contributed by atoms with van der Waals surface area (Å²) in [5, 5.41) is 0. The number of hydrogen-bond acceptors (Lipinski definition) is 5. The van der Waals surface area contributed by atoms with Crippen LogP contribution in [0.4, 0.5) is 5.69 Å². The molecule has 3 aromatic carbocycles. The van der Waals surface area contributed by atoms with E-state index >= 15 is 0 Å². The Bertz CT molecular complexity index is 1110. The van der Waals surface area contributed by atoms with Gasteiger partial charge in [-0.25, -0.2) is 9.79 Å². The highest BCUT2D eigenvalue weighted by Gasteiger charge is 2.05. The SMILES string of the molecule is COC(=O)c1ccc(OC=CC(=Nc2ccc(C)c(C)c2)Oc2cccc(C)c2)cc1. The summed E-state index contributed by atoms with van der Waals surface area (Å²) in [5.74, 6) is 1.26. The molecule has 5 nitrogen and oxygen atoms in total. The minimum absolute atomic E-state index is 0.389. The summed E-state index contributed by atoms with van der Waals surface area (Å²) in [6, 6.07) is 20.4. The fraction of sp³-hybridized carbons (Fsp3) is 0.154. The van der Waals surface area contributed by atoms with Crippen LogP contribution in [0.15, 0.2) is 84.1 Å². The summed E-state index contributed by atoms with van der Waals surface area (Å²) < 4.78 is 16.3. The van der Waals surface area contributed by atoms with Crippen LogP contribution < -0.4 is 9.47 Å². The highest BCUT2D eigenvalue weighted by Crippen LogP contribution is 2.20. The first-order chi connectivity index (χ1) is 14.9. The van der Waals surface area contributed by atoms with Crippen LogP contribution in [0.3, 0.4) is 0 Å². The molecule has 0 bridgehead atoms. The first-order valence-corrected chi connectivity index (χ1v) is 9.86. The van der Waals surface area contributed by atoms with Crippen molar-refractivity contribution >= 4 is 17.6 Å². The number of ether oxygens (including phenoxy) is 3. The van der Waals surface area contributed by atoms with Crippen LogP contribution in [0, 0.1) is 20.8 Å². The second-order valence-corrected chi connectivity index (χ2v) is 7.07. The number of nitrogens with zero attached hydrogens (tertiary/aromatic N) is 1. The van der Waals surface area contributed by atoms with E-state index in [0.29, 0.717) is 23.0 Å². The van der Waals surface area contributed by atoms with Gasteiger partial charge >= 0.3 is 5.97 Å². The van der Waals surface area contributed by atoms with Gasteiger partial charge in [-0.15, -0.1) is 0 Å². The maximum Gasteiger partial charge on any atom is 0.337 e. The average molecular weight is 415 g/mol. The fourth-order valence-electron chi connectivity index (χ4n) is 2.77. The van der Waals surface area contributed by atoms with Crippen molar-refractivity contribution < 1.29 is 19.0 Å². The van der Waals surface area contributed by atoms with Gasteiger partial charge in [0.15, 0.2) is 0 Å². The summed E-state index contributed by atoms with van der Waals surface area (Å²) in [6.45, 7) is 6.11. The van der Waals surface area contributed by atoms with Crippen molar-refractivity contribution in [3.63, 3.8) is 0 Å². The number of aliphatic imine (C=N–C) groups is 1. The van der Waals surface area contributed by atoms with Gasteiger partial charge in [-0.2, -0.15) is 0 Å². The predicted molar refractivity (Wildman–Crippen MR) is 122 cm³/mol. The van der Waals surface area contributed by atoms with Crippen molar-refractivity contribution in [2.24, 2.45) is 4.99 Å². The van der Waals surface area contributed by atoms with E-state index in [2.05, 4.69) is 11.9 Å². The third-order valence-corrected chi connectivity index (χ3v) is 4.63. The standard InChI is InChI=1S/C26H25NO4/c1-18-6-5-7-24(16-18)31-25(27-22-11-8-19(2)20(3)17-22)14-15-30-23-12-9-21(10-13-23)26(28)29-4/h5-17H,1-4H3. The van der Waals surface area contributed by atoms with E-state index in [1.54, 1.807) is 30.3 Å². The third kappa shape index (κ3) is 6.31. The maximum absolute atomic E-state index is 11.5. The lowest BCUT2D eigenvalue weighted by Crippen LogP contribution is -2.05. The molecule has 0 spiro atoms. The van der Waals surface area contributed by atoms with E-state index in [9.17, 15) is 4.79 Å². The first-order valence-electron chi connectivity index (χ1n) is 9.86. The minimum atomic E-state index is -0.392. The summed E-state index contributed by atoms with van der Waals surface area (Å²) in [5.41, 5.74) is 4.70. The number of aryl methyl sites for hydroxylation is 3. The molecule has 0 atom stereocenters. The van der Waals surface area contributed by atoms with E-state index in [4.69, 9.17) is 14.2 Å². The smallest absolute Gasteiger partial charge is 0.337 e. The number of carbonyl (C=O) groups excluding carboxylic acids is 1. The Kier molecular flexibility index (Phi) is 7.22. The van der Waals surface area contributed by atoms with Crippen molar-refractivity contribution in [2.75, 3.05) is 7.11 Å². The third-order valence-electron chi connectivity index (χ3n) is 4.63. The van der Waals surface area contributed by atoms with Gasteiger partial charge in [0.25, 0.3) is 0 Å². The van der Waals surface area contributed by atoms with E-state index in [1.165, 1.54) is 18.9 Å². The summed E-state index contributed by atoms with van der Waals surface area (Å²) in [7, 11) is 1.35. The molecule has 0 aliphatic heterocycles. The Balaban J connectivity index is 1.80. The molecule has 0 unspecified atom stereocenters. The van der Waals surface area contributed by atoms with Crippen LogP contribution in [0.25, 0.3) is 0 Å². The molecule has 0 amide bonds. The molecule has 0 fully saturated rings. The quantitative estimate of drug-likeness (QED) is 0.211. The van der Waals surface area contributed by atoms with Gasteiger partial charge in [0.05, 0.1) is 24.6 Å². The molecular weight excluding hydrogens is 390 g/mol.